The van der Waals surface area contributed by atoms with Crippen LogP contribution in [0.5, 0.6) is 5.75 Å². The van der Waals surface area contributed by atoms with E-state index >= 15 is 0 Å². The molecule has 2 aliphatic heterocycles. The van der Waals surface area contributed by atoms with Gasteiger partial charge in [0.15, 0.2) is 11.5 Å². The maximum absolute atomic E-state index is 12.4. The average molecular weight is 581 g/mol. The number of aliphatic hydroxyl groups is 1. The van der Waals surface area contributed by atoms with Crippen LogP contribution < -0.4 is 26.0 Å². The van der Waals surface area contributed by atoms with Crippen LogP contribution in [-0.4, -0.2) is 102 Å². The molecule has 2 saturated heterocycles. The summed E-state index contributed by atoms with van der Waals surface area (Å²) in [5.41, 5.74) is 7.72. The normalized spacial score (nSPS) is 24.4. The van der Waals surface area contributed by atoms with Crippen LogP contribution in [0.2, 0.25) is 0 Å². The zero-order valence-corrected chi connectivity index (χ0v) is 25.7. The van der Waals surface area contributed by atoms with Crippen LogP contribution in [-0.2, 0) is 6.42 Å². The summed E-state index contributed by atoms with van der Waals surface area (Å²) in [5.74, 6) is 0.952. The van der Waals surface area contributed by atoms with Crippen LogP contribution in [0, 0.1) is 0 Å². The summed E-state index contributed by atoms with van der Waals surface area (Å²) in [4.78, 5) is 29.3. The van der Waals surface area contributed by atoms with E-state index in [1.54, 1.807) is 7.11 Å². The molecule has 5 N–H and O–H groups in total. The number of primary amides is 1. The molecule has 1 aromatic carbocycles. The Bertz CT molecular complexity index is 1230. The minimum Gasteiger partial charge on any atom is -0.494 e. The van der Waals surface area contributed by atoms with Crippen LogP contribution in [0.4, 0.5) is 23.0 Å². The number of hydrogen-bond acceptors (Lipinski definition) is 10. The van der Waals surface area contributed by atoms with E-state index in [1.807, 2.05) is 26.0 Å². The molecule has 1 amide bonds. The number of rotatable bonds is 9. The van der Waals surface area contributed by atoms with Crippen molar-refractivity contribution in [2.45, 2.75) is 76.5 Å². The van der Waals surface area contributed by atoms with E-state index in [-0.39, 0.29) is 11.7 Å². The fourth-order valence-corrected chi connectivity index (χ4v) is 6.45. The van der Waals surface area contributed by atoms with E-state index in [0.717, 1.165) is 83.5 Å². The minimum atomic E-state index is -0.640. The van der Waals surface area contributed by atoms with E-state index in [0.29, 0.717) is 41.2 Å². The quantitative estimate of drug-likeness (QED) is 0.351. The van der Waals surface area contributed by atoms with Gasteiger partial charge in [-0.1, -0.05) is 6.92 Å². The largest absolute Gasteiger partial charge is 0.494 e. The maximum atomic E-state index is 12.4. The summed E-state index contributed by atoms with van der Waals surface area (Å²) in [6, 6.07) is 6.93. The molecule has 0 atom stereocenters. The van der Waals surface area contributed by atoms with Crippen LogP contribution in [0.15, 0.2) is 18.2 Å². The van der Waals surface area contributed by atoms with Gasteiger partial charge < -0.3 is 36.0 Å². The molecule has 1 aliphatic carbocycles. The Hall–Kier alpha value is -3.15. The monoisotopic (exact) mass is 580 g/mol. The molecule has 3 heterocycles. The predicted octanol–water partition coefficient (Wildman–Crippen LogP) is 3.21. The summed E-state index contributed by atoms with van der Waals surface area (Å²) in [5, 5.41) is 17.2. The van der Waals surface area contributed by atoms with Gasteiger partial charge in [-0.3, -0.25) is 9.69 Å². The Labute approximate surface area is 249 Å². The molecule has 42 heavy (non-hydrogen) atoms. The molecule has 0 unspecified atom stereocenters. The summed E-state index contributed by atoms with van der Waals surface area (Å²) < 4.78 is 5.79. The molecule has 11 heteroatoms. The van der Waals surface area contributed by atoms with Gasteiger partial charge in [0.2, 0.25) is 0 Å². The number of hydrogen-bond donors (Lipinski definition) is 4. The van der Waals surface area contributed by atoms with E-state index in [9.17, 15) is 9.90 Å². The van der Waals surface area contributed by atoms with Gasteiger partial charge in [0, 0.05) is 63.1 Å². The van der Waals surface area contributed by atoms with Crippen molar-refractivity contribution in [3.05, 3.63) is 29.6 Å². The maximum Gasteiger partial charge on any atom is 0.271 e. The van der Waals surface area contributed by atoms with Crippen molar-refractivity contribution in [3.8, 4) is 5.75 Å². The first kappa shape index (κ1) is 30.3. The summed E-state index contributed by atoms with van der Waals surface area (Å²) in [6.45, 7) is 10.5. The Kier molecular flexibility index (Phi) is 9.39. The number of nitrogens with zero attached hydrogens (tertiary/aromatic N) is 5. The highest BCUT2D eigenvalue weighted by atomic mass is 16.5. The summed E-state index contributed by atoms with van der Waals surface area (Å²) in [7, 11) is 3.85. The van der Waals surface area contributed by atoms with Gasteiger partial charge in [0.25, 0.3) is 5.91 Å². The Morgan fingerprint density at radius 1 is 1.07 bits per heavy atom. The van der Waals surface area contributed by atoms with E-state index in [2.05, 4.69) is 43.4 Å². The number of methoxy groups -OCH3 is 1. The molecule has 2 aromatic rings. The molecule has 1 saturated carbocycles. The van der Waals surface area contributed by atoms with Gasteiger partial charge in [-0.25, -0.2) is 9.97 Å². The lowest BCUT2D eigenvalue weighted by molar-refractivity contribution is 0.0196. The van der Waals surface area contributed by atoms with Gasteiger partial charge in [-0.2, -0.15) is 0 Å². The molecule has 0 bridgehead atoms. The molecule has 3 aliphatic rings. The fourth-order valence-electron chi connectivity index (χ4n) is 6.45. The van der Waals surface area contributed by atoms with Crippen molar-refractivity contribution < 1.29 is 14.6 Å². The molecule has 3 fully saturated rings. The van der Waals surface area contributed by atoms with Gasteiger partial charge in [0.1, 0.15) is 11.6 Å². The number of aryl methyl sites for hydroxylation is 1. The Morgan fingerprint density at radius 2 is 1.76 bits per heavy atom. The van der Waals surface area contributed by atoms with Crippen LogP contribution >= 0.6 is 0 Å². The molecular formula is C31H48N8O3. The molecule has 11 nitrogen and oxygen atoms in total. The first-order valence-electron chi connectivity index (χ1n) is 15.5. The van der Waals surface area contributed by atoms with E-state index in [4.69, 9.17) is 15.5 Å². The van der Waals surface area contributed by atoms with Crippen LogP contribution in [0.1, 0.15) is 68.6 Å². The lowest BCUT2D eigenvalue weighted by Gasteiger charge is -2.42. The fraction of sp³-hybridized carbons (Fsp3) is 0.645. The number of carbonyl (C=O) groups is 1. The summed E-state index contributed by atoms with van der Waals surface area (Å²) in [6.07, 6.45) is 6.02. The first-order valence-corrected chi connectivity index (χ1v) is 15.5. The number of nitrogens with two attached hydrogens (primary N) is 1. The molecule has 0 spiro atoms. The highest BCUT2D eigenvalue weighted by Crippen LogP contribution is 2.35. The number of nitrogens with one attached hydrogen (secondary N) is 2. The smallest absolute Gasteiger partial charge is 0.271 e. The molecule has 5 rings (SSSR count). The minimum absolute atomic E-state index is 0.0982. The number of aromatic nitrogens is 2. The highest BCUT2D eigenvalue weighted by Gasteiger charge is 2.30. The molecule has 230 valence electrons. The predicted molar refractivity (Wildman–Crippen MR) is 167 cm³/mol. The van der Waals surface area contributed by atoms with Crippen molar-refractivity contribution in [2.24, 2.45) is 5.73 Å². The van der Waals surface area contributed by atoms with Gasteiger partial charge in [0.05, 0.1) is 24.1 Å². The van der Waals surface area contributed by atoms with Crippen molar-refractivity contribution >= 4 is 28.9 Å². The van der Waals surface area contributed by atoms with E-state index in [1.165, 1.54) is 0 Å². The van der Waals surface area contributed by atoms with Crippen molar-refractivity contribution in [1.82, 2.24) is 19.8 Å². The molecular weight excluding hydrogens is 532 g/mol. The zero-order valence-electron chi connectivity index (χ0n) is 25.7. The van der Waals surface area contributed by atoms with Crippen LogP contribution in [0.25, 0.3) is 0 Å². The van der Waals surface area contributed by atoms with Crippen LogP contribution in [0.3, 0.4) is 0 Å². The number of piperazine rings is 1. The Balaban J connectivity index is 1.31. The third kappa shape index (κ3) is 7.07. The Morgan fingerprint density at radius 3 is 2.38 bits per heavy atom. The van der Waals surface area contributed by atoms with Crippen molar-refractivity contribution in [1.29, 1.82) is 0 Å². The second-order valence-corrected chi connectivity index (χ2v) is 12.4. The SMILES string of the molecule is CCc1nc(C(N)=O)c(Nc2ccc(N3CCC(N4CCN(C)CC4)CC3)cc2OC)nc1NC1CCC(C)(O)CC1. The average Bonchev–Trinajstić information content (AvgIpc) is 2.99. The number of likely N-dealkylation sites (N-methyl/N-ethyl adjacent to an activating group) is 1. The third-order valence-electron chi connectivity index (χ3n) is 9.26. The van der Waals surface area contributed by atoms with E-state index < -0.39 is 11.5 Å². The number of piperidine rings is 1. The van der Waals surface area contributed by atoms with Gasteiger partial charge in [-0.05, 0) is 71.0 Å². The summed E-state index contributed by atoms with van der Waals surface area (Å²) >= 11 is 0. The lowest BCUT2D eigenvalue weighted by atomic mass is 9.83. The second kappa shape index (κ2) is 13.0. The number of ether oxygens (including phenoxy) is 1. The number of anilines is 4. The second-order valence-electron chi connectivity index (χ2n) is 12.4. The first-order chi connectivity index (χ1) is 20.2. The number of benzene rings is 1. The zero-order chi connectivity index (χ0) is 29.9. The highest BCUT2D eigenvalue weighted by molar-refractivity contribution is 5.97. The van der Waals surface area contributed by atoms with Gasteiger partial charge >= 0.3 is 0 Å². The molecule has 1 aromatic heterocycles. The molecule has 0 radical (unpaired) electrons. The van der Waals surface area contributed by atoms with Crippen molar-refractivity contribution in [3.63, 3.8) is 0 Å². The standard InChI is InChI=1S/C31H48N8O3/c1-5-24-29(33-21-8-12-31(2,41)13-9-21)36-30(27(34-24)28(32)40)35-25-7-6-23(20-26(25)42-4)38-14-10-22(11-15-38)39-18-16-37(3)17-19-39/h6-7,20-22,41H,5,8-19H2,1-4H3,(H2,32,40)(H2,33,35,36). The van der Waals surface area contributed by atoms with Gasteiger partial charge in [-0.15, -0.1) is 0 Å². The topological polar surface area (TPSA) is 132 Å². The number of carbonyl (C=O) groups excluding carboxylic acids is 1. The third-order valence-corrected chi connectivity index (χ3v) is 9.26. The lowest BCUT2D eigenvalue weighted by Crippen LogP contribution is -2.52. The van der Waals surface area contributed by atoms with Crippen molar-refractivity contribution in [2.75, 3.05) is 69.0 Å². The number of amides is 1.